The van der Waals surface area contributed by atoms with Crippen LogP contribution in [0.25, 0.3) is 0 Å². The average molecular weight is 314 g/mol. The summed E-state index contributed by atoms with van der Waals surface area (Å²) in [5.74, 6) is 0. The Hall–Kier alpha value is -0.870. The first-order valence-electron chi connectivity index (χ1n) is 6.14. The minimum Gasteiger partial charge on any atom is -0.383 e. The van der Waals surface area contributed by atoms with Crippen LogP contribution < -0.4 is 4.90 Å². The third kappa shape index (κ3) is 3.82. The van der Waals surface area contributed by atoms with Crippen molar-refractivity contribution in [1.29, 1.82) is 0 Å². The molecule has 0 saturated heterocycles. The molecule has 0 aliphatic rings. The smallest absolute Gasteiger partial charge is 0.152 e. The molecule has 1 atom stereocenters. The van der Waals surface area contributed by atoms with E-state index in [9.17, 15) is 4.79 Å². The maximum Gasteiger partial charge on any atom is 0.152 e. The van der Waals surface area contributed by atoms with E-state index in [1.165, 1.54) is 0 Å². The van der Waals surface area contributed by atoms with E-state index in [1.807, 2.05) is 18.2 Å². The van der Waals surface area contributed by atoms with Crippen molar-refractivity contribution in [2.24, 2.45) is 0 Å². The number of nitrogens with zero attached hydrogens (tertiary/aromatic N) is 1. The Morgan fingerprint density at radius 2 is 2.22 bits per heavy atom. The number of halogens is 1. The van der Waals surface area contributed by atoms with Gasteiger partial charge in [0.05, 0.1) is 6.61 Å². The van der Waals surface area contributed by atoms with Crippen molar-refractivity contribution in [1.82, 2.24) is 0 Å². The first-order chi connectivity index (χ1) is 8.63. The van der Waals surface area contributed by atoms with Crippen molar-refractivity contribution in [2.45, 2.75) is 26.3 Å². The summed E-state index contributed by atoms with van der Waals surface area (Å²) in [7, 11) is 1.69. The summed E-state index contributed by atoms with van der Waals surface area (Å²) >= 11 is 3.46. The topological polar surface area (TPSA) is 29.5 Å². The third-order valence-corrected chi connectivity index (χ3v) is 3.58. The Morgan fingerprint density at radius 3 is 2.78 bits per heavy atom. The monoisotopic (exact) mass is 313 g/mol. The van der Waals surface area contributed by atoms with Gasteiger partial charge in [-0.05, 0) is 31.5 Å². The van der Waals surface area contributed by atoms with Gasteiger partial charge in [-0.1, -0.05) is 22.9 Å². The number of aldehydes is 1. The molecule has 100 valence electrons. The van der Waals surface area contributed by atoms with Gasteiger partial charge >= 0.3 is 0 Å². The lowest BCUT2D eigenvalue weighted by Gasteiger charge is -2.31. The first kappa shape index (κ1) is 15.2. The summed E-state index contributed by atoms with van der Waals surface area (Å²) in [5.41, 5.74) is 1.68. The van der Waals surface area contributed by atoms with Crippen LogP contribution in [0.4, 0.5) is 5.69 Å². The van der Waals surface area contributed by atoms with Crippen LogP contribution in [-0.2, 0) is 4.74 Å². The molecule has 1 aromatic rings. The van der Waals surface area contributed by atoms with Gasteiger partial charge in [0.2, 0.25) is 0 Å². The zero-order valence-electron chi connectivity index (χ0n) is 11.1. The quantitative estimate of drug-likeness (QED) is 0.721. The molecule has 0 bridgehead atoms. The highest BCUT2D eigenvalue weighted by Crippen LogP contribution is 2.26. The molecule has 0 aromatic heterocycles. The average Bonchev–Trinajstić information content (AvgIpc) is 2.39. The number of anilines is 1. The van der Waals surface area contributed by atoms with Gasteiger partial charge in [-0.2, -0.15) is 0 Å². The predicted octanol–water partition coefficient (Wildman–Crippen LogP) is 3.51. The van der Waals surface area contributed by atoms with Crippen molar-refractivity contribution in [3.63, 3.8) is 0 Å². The van der Waals surface area contributed by atoms with Gasteiger partial charge in [-0.15, -0.1) is 0 Å². The van der Waals surface area contributed by atoms with Gasteiger partial charge in [-0.3, -0.25) is 4.79 Å². The summed E-state index contributed by atoms with van der Waals surface area (Å²) in [6.45, 7) is 5.73. The number of carbonyl (C=O) groups is 1. The molecule has 0 amide bonds. The van der Waals surface area contributed by atoms with Crippen LogP contribution in [0, 0.1) is 0 Å². The molecule has 1 rings (SSSR count). The summed E-state index contributed by atoms with van der Waals surface area (Å²) in [5, 5.41) is 0. The second kappa shape index (κ2) is 7.54. The Morgan fingerprint density at radius 1 is 1.50 bits per heavy atom. The van der Waals surface area contributed by atoms with Crippen molar-refractivity contribution < 1.29 is 9.53 Å². The van der Waals surface area contributed by atoms with Crippen LogP contribution in [0.3, 0.4) is 0 Å². The lowest BCUT2D eigenvalue weighted by atomic mass is 10.1. The fourth-order valence-corrected chi connectivity index (χ4v) is 2.20. The van der Waals surface area contributed by atoms with E-state index in [0.29, 0.717) is 12.6 Å². The summed E-state index contributed by atoms with van der Waals surface area (Å²) < 4.78 is 6.13. The van der Waals surface area contributed by atoms with Gasteiger partial charge < -0.3 is 9.64 Å². The standard InChI is InChI=1S/C14H20BrNO2/c1-4-11(2)16(7-8-18-3)14-9-13(15)6-5-12(14)10-17/h5-6,9-11H,4,7-8H2,1-3H3. The van der Waals surface area contributed by atoms with Crippen LogP contribution in [-0.4, -0.2) is 32.6 Å². The van der Waals surface area contributed by atoms with Gasteiger partial charge in [0.15, 0.2) is 6.29 Å². The van der Waals surface area contributed by atoms with Crippen LogP contribution in [0.1, 0.15) is 30.6 Å². The molecule has 0 aliphatic carbocycles. The Balaban J connectivity index is 3.09. The van der Waals surface area contributed by atoms with Crippen molar-refractivity contribution in [3.05, 3.63) is 28.2 Å². The molecule has 0 spiro atoms. The van der Waals surface area contributed by atoms with Crippen molar-refractivity contribution in [3.8, 4) is 0 Å². The lowest BCUT2D eigenvalue weighted by molar-refractivity contribution is 0.112. The van der Waals surface area contributed by atoms with E-state index in [2.05, 4.69) is 34.7 Å². The molecule has 1 unspecified atom stereocenters. The molecule has 0 fully saturated rings. The zero-order chi connectivity index (χ0) is 13.5. The van der Waals surface area contributed by atoms with E-state index in [0.717, 1.165) is 35.0 Å². The molecule has 0 aliphatic heterocycles. The molecule has 1 aromatic carbocycles. The number of ether oxygens (including phenoxy) is 1. The molecule has 0 heterocycles. The molecular formula is C14H20BrNO2. The summed E-state index contributed by atoms with van der Waals surface area (Å²) in [6, 6.07) is 6.09. The van der Waals surface area contributed by atoms with Crippen LogP contribution in [0.15, 0.2) is 22.7 Å². The van der Waals surface area contributed by atoms with Crippen LogP contribution in [0.5, 0.6) is 0 Å². The summed E-state index contributed by atoms with van der Waals surface area (Å²) in [4.78, 5) is 13.4. The molecule has 18 heavy (non-hydrogen) atoms. The highest BCUT2D eigenvalue weighted by atomic mass is 79.9. The van der Waals surface area contributed by atoms with Crippen molar-refractivity contribution in [2.75, 3.05) is 25.2 Å². The molecular weight excluding hydrogens is 294 g/mol. The fourth-order valence-electron chi connectivity index (χ4n) is 1.85. The molecule has 0 N–H and O–H groups in total. The second-order valence-corrected chi connectivity index (χ2v) is 5.18. The highest BCUT2D eigenvalue weighted by Gasteiger charge is 2.16. The maximum absolute atomic E-state index is 11.2. The fraction of sp³-hybridized carbons (Fsp3) is 0.500. The second-order valence-electron chi connectivity index (χ2n) is 4.26. The maximum atomic E-state index is 11.2. The van der Waals surface area contributed by atoms with E-state index in [-0.39, 0.29) is 0 Å². The van der Waals surface area contributed by atoms with E-state index in [1.54, 1.807) is 7.11 Å². The number of hydrogen-bond acceptors (Lipinski definition) is 3. The number of carbonyl (C=O) groups excluding carboxylic acids is 1. The summed E-state index contributed by atoms with van der Waals surface area (Å²) in [6.07, 6.45) is 1.93. The van der Waals surface area contributed by atoms with E-state index >= 15 is 0 Å². The number of hydrogen-bond donors (Lipinski definition) is 0. The largest absolute Gasteiger partial charge is 0.383 e. The number of methoxy groups -OCH3 is 1. The van der Waals surface area contributed by atoms with Crippen LogP contribution in [0.2, 0.25) is 0 Å². The molecule has 0 radical (unpaired) electrons. The van der Waals surface area contributed by atoms with E-state index < -0.39 is 0 Å². The van der Waals surface area contributed by atoms with Gasteiger partial charge in [0.1, 0.15) is 0 Å². The van der Waals surface area contributed by atoms with Gasteiger partial charge in [0.25, 0.3) is 0 Å². The SMILES string of the molecule is CCC(C)N(CCOC)c1cc(Br)ccc1C=O. The third-order valence-electron chi connectivity index (χ3n) is 3.09. The van der Waals surface area contributed by atoms with Gasteiger partial charge in [0, 0.05) is 35.4 Å². The lowest BCUT2D eigenvalue weighted by Crippen LogP contribution is -2.36. The molecule has 0 saturated carbocycles. The van der Waals surface area contributed by atoms with E-state index in [4.69, 9.17) is 4.74 Å². The first-order valence-corrected chi connectivity index (χ1v) is 6.93. The number of benzene rings is 1. The van der Waals surface area contributed by atoms with Gasteiger partial charge in [-0.25, -0.2) is 0 Å². The highest BCUT2D eigenvalue weighted by molar-refractivity contribution is 9.10. The minimum absolute atomic E-state index is 0.369. The minimum atomic E-state index is 0.369. The predicted molar refractivity (Wildman–Crippen MR) is 78.5 cm³/mol. The Bertz CT molecular complexity index is 395. The van der Waals surface area contributed by atoms with Crippen molar-refractivity contribution >= 4 is 27.9 Å². The Kier molecular flexibility index (Phi) is 6.36. The molecule has 3 nitrogen and oxygen atoms in total. The normalized spacial score (nSPS) is 12.2. The Labute approximate surface area is 117 Å². The zero-order valence-corrected chi connectivity index (χ0v) is 12.7. The van der Waals surface area contributed by atoms with Crippen LogP contribution >= 0.6 is 15.9 Å². The molecule has 4 heteroatoms. The number of rotatable bonds is 7.